The van der Waals surface area contributed by atoms with E-state index in [9.17, 15) is 0 Å². The van der Waals surface area contributed by atoms with Gasteiger partial charge in [0.25, 0.3) is 0 Å². The number of rotatable bonds is 8. The molecule has 92 valence electrons. The van der Waals surface area contributed by atoms with Crippen LogP contribution in [0.5, 0.6) is 0 Å². The van der Waals surface area contributed by atoms with Crippen LogP contribution in [0, 0.1) is 0 Å². The fraction of sp³-hybridized carbons (Fsp3) is 1.00. The molecule has 3 heteroatoms. The zero-order chi connectivity index (χ0) is 11.8. The summed E-state index contributed by atoms with van der Waals surface area (Å²) in [6, 6.07) is 1.33. The molecule has 0 heterocycles. The molecule has 0 fully saturated rings. The fourth-order valence-corrected chi connectivity index (χ4v) is 4.75. The number of hydrogen-bond acceptors (Lipinski definition) is 2. The first-order valence-electron chi connectivity index (χ1n) is 6.06. The van der Waals surface area contributed by atoms with Crippen LogP contribution in [0.4, 0.5) is 0 Å². The van der Waals surface area contributed by atoms with Gasteiger partial charge in [0, 0.05) is 25.8 Å². The summed E-state index contributed by atoms with van der Waals surface area (Å²) in [5, 5.41) is 0. The predicted octanol–water partition coefficient (Wildman–Crippen LogP) is 3.56. The van der Waals surface area contributed by atoms with Crippen LogP contribution in [0.15, 0.2) is 0 Å². The molecule has 0 aromatic carbocycles. The molecule has 0 rings (SSSR count). The minimum absolute atomic E-state index is 0.0410. The monoisotopic (exact) mass is 233 g/mol. The van der Waals surface area contributed by atoms with Crippen LogP contribution in [0.3, 0.4) is 0 Å². The van der Waals surface area contributed by atoms with Crippen molar-refractivity contribution in [2.45, 2.75) is 53.1 Å². The molecule has 0 saturated carbocycles. The second-order valence-electron chi connectivity index (χ2n) is 4.46. The van der Waals surface area contributed by atoms with Gasteiger partial charge in [0.1, 0.15) is 0 Å². The first-order chi connectivity index (χ1) is 7.04. The molecule has 2 nitrogen and oxygen atoms in total. The Kier molecular flexibility index (Phi) is 8.69. The fourth-order valence-electron chi connectivity index (χ4n) is 2.08. The van der Waals surface area contributed by atoms with E-state index in [1.807, 2.05) is 0 Å². The van der Waals surface area contributed by atoms with Gasteiger partial charge in [-0.3, -0.25) is 4.67 Å². The minimum Gasteiger partial charge on any atom is -0.385 e. The summed E-state index contributed by atoms with van der Waals surface area (Å²) in [5.41, 5.74) is 0. The maximum absolute atomic E-state index is 5.13. The third-order valence-corrected chi connectivity index (χ3v) is 5.65. The molecule has 15 heavy (non-hydrogen) atoms. The van der Waals surface area contributed by atoms with Gasteiger partial charge in [-0.15, -0.1) is 0 Å². The van der Waals surface area contributed by atoms with Crippen molar-refractivity contribution in [1.82, 2.24) is 4.67 Å². The molecule has 0 spiro atoms. The van der Waals surface area contributed by atoms with E-state index in [1.54, 1.807) is 7.11 Å². The van der Waals surface area contributed by atoms with Gasteiger partial charge >= 0.3 is 0 Å². The molecule has 0 aromatic rings. The van der Waals surface area contributed by atoms with Crippen LogP contribution >= 0.6 is 8.07 Å². The molecule has 0 amide bonds. The summed E-state index contributed by atoms with van der Waals surface area (Å²) in [6.07, 6.45) is 3.82. The van der Waals surface area contributed by atoms with Crippen molar-refractivity contribution in [3.8, 4) is 0 Å². The molecule has 0 aliphatic heterocycles. The number of nitrogens with zero attached hydrogens (tertiary/aromatic N) is 1. The molecule has 1 atom stereocenters. The van der Waals surface area contributed by atoms with E-state index in [1.165, 1.54) is 18.7 Å². The smallest absolute Gasteiger partial charge is 0.0466 e. The second kappa shape index (κ2) is 8.50. The van der Waals surface area contributed by atoms with Crippen molar-refractivity contribution in [1.29, 1.82) is 0 Å². The van der Waals surface area contributed by atoms with Gasteiger partial charge in [-0.2, -0.15) is 0 Å². The first kappa shape index (κ1) is 15.3. The molecule has 0 N–H and O–H groups in total. The summed E-state index contributed by atoms with van der Waals surface area (Å²) < 4.78 is 7.81. The van der Waals surface area contributed by atoms with E-state index >= 15 is 0 Å². The lowest BCUT2D eigenvalue weighted by Gasteiger charge is -2.38. The summed E-state index contributed by atoms with van der Waals surface area (Å²) in [4.78, 5) is 0. The van der Waals surface area contributed by atoms with E-state index in [0.717, 1.165) is 6.61 Å². The van der Waals surface area contributed by atoms with E-state index in [2.05, 4.69) is 39.3 Å². The summed E-state index contributed by atoms with van der Waals surface area (Å²) in [5.74, 6) is 0. The largest absolute Gasteiger partial charge is 0.385 e. The Bertz CT molecular complexity index is 143. The van der Waals surface area contributed by atoms with Gasteiger partial charge in [0.15, 0.2) is 0 Å². The number of ether oxygens (including phenoxy) is 1. The van der Waals surface area contributed by atoms with Crippen molar-refractivity contribution in [3.63, 3.8) is 0 Å². The lowest BCUT2D eigenvalue weighted by atomic mass is 10.3. The normalized spacial score (nSPS) is 14.2. The third-order valence-electron chi connectivity index (χ3n) is 2.51. The van der Waals surface area contributed by atoms with Crippen molar-refractivity contribution < 1.29 is 4.74 Å². The summed E-state index contributed by atoms with van der Waals surface area (Å²) >= 11 is 0. The third kappa shape index (κ3) is 5.85. The quantitative estimate of drug-likeness (QED) is 0.469. The summed E-state index contributed by atoms with van der Waals surface area (Å²) in [6.45, 7) is 12.4. The molecule has 1 unspecified atom stereocenters. The zero-order valence-electron chi connectivity index (χ0n) is 11.3. The molecule has 0 aromatic heterocycles. The van der Waals surface area contributed by atoms with Crippen LogP contribution in [0.1, 0.15) is 41.0 Å². The Morgan fingerprint density at radius 1 is 1.13 bits per heavy atom. The Morgan fingerprint density at radius 3 is 2.00 bits per heavy atom. The van der Waals surface area contributed by atoms with E-state index in [0.29, 0.717) is 12.1 Å². The van der Waals surface area contributed by atoms with Gasteiger partial charge in [-0.05, 0) is 54.5 Å². The van der Waals surface area contributed by atoms with Gasteiger partial charge in [0.2, 0.25) is 0 Å². The molecular weight excluding hydrogens is 205 g/mol. The van der Waals surface area contributed by atoms with E-state index in [-0.39, 0.29) is 8.07 Å². The molecule has 0 bridgehead atoms. The molecule has 0 saturated heterocycles. The van der Waals surface area contributed by atoms with Crippen molar-refractivity contribution >= 4 is 8.07 Å². The standard InChI is InChI=1S/C12H28NOP/c1-7-15(10-8-9-14-6)13(11(2)3)12(4)5/h11-12H,7-10H2,1-6H3. The van der Waals surface area contributed by atoms with E-state index in [4.69, 9.17) is 4.74 Å². The second-order valence-corrected chi connectivity index (χ2v) is 7.01. The van der Waals surface area contributed by atoms with Gasteiger partial charge in [-0.25, -0.2) is 0 Å². The SMILES string of the molecule is CCP(CCCOC)N(C(C)C)C(C)C. The van der Waals surface area contributed by atoms with Crippen molar-refractivity contribution in [2.24, 2.45) is 0 Å². The highest BCUT2D eigenvalue weighted by Gasteiger charge is 2.21. The van der Waals surface area contributed by atoms with Gasteiger partial charge in [0.05, 0.1) is 0 Å². The lowest BCUT2D eigenvalue weighted by molar-refractivity contribution is 0.199. The topological polar surface area (TPSA) is 12.5 Å². The summed E-state index contributed by atoms with van der Waals surface area (Å²) in [7, 11) is 1.83. The maximum atomic E-state index is 5.13. The Hall–Kier alpha value is 0.350. The molecular formula is C12H28NOP. The van der Waals surface area contributed by atoms with Crippen LogP contribution in [0.25, 0.3) is 0 Å². The predicted molar refractivity (Wildman–Crippen MR) is 70.9 cm³/mol. The minimum atomic E-state index is 0.0410. The van der Waals surface area contributed by atoms with Crippen LogP contribution in [-0.2, 0) is 4.74 Å². The average Bonchev–Trinajstić information content (AvgIpc) is 2.15. The highest BCUT2D eigenvalue weighted by Crippen LogP contribution is 2.43. The molecule has 0 aliphatic carbocycles. The number of methoxy groups -OCH3 is 1. The lowest BCUT2D eigenvalue weighted by Crippen LogP contribution is -2.33. The molecule has 0 aliphatic rings. The van der Waals surface area contributed by atoms with Crippen LogP contribution in [-0.4, -0.2) is 42.8 Å². The van der Waals surface area contributed by atoms with Gasteiger partial charge < -0.3 is 4.74 Å². The van der Waals surface area contributed by atoms with Crippen LogP contribution in [0.2, 0.25) is 0 Å². The highest BCUT2D eigenvalue weighted by atomic mass is 31.1. The Labute approximate surface area is 97.2 Å². The number of hydrogen-bond donors (Lipinski definition) is 0. The Morgan fingerprint density at radius 2 is 1.67 bits per heavy atom. The zero-order valence-corrected chi connectivity index (χ0v) is 12.2. The maximum Gasteiger partial charge on any atom is 0.0466 e. The highest BCUT2D eigenvalue weighted by molar-refractivity contribution is 7.55. The van der Waals surface area contributed by atoms with Crippen LogP contribution < -0.4 is 0 Å². The first-order valence-corrected chi connectivity index (χ1v) is 7.73. The van der Waals surface area contributed by atoms with Crippen molar-refractivity contribution in [3.05, 3.63) is 0 Å². The van der Waals surface area contributed by atoms with Crippen molar-refractivity contribution in [2.75, 3.05) is 26.0 Å². The molecule has 0 radical (unpaired) electrons. The Balaban J connectivity index is 4.19. The van der Waals surface area contributed by atoms with E-state index < -0.39 is 0 Å². The average molecular weight is 233 g/mol. The van der Waals surface area contributed by atoms with Gasteiger partial charge in [-0.1, -0.05) is 6.92 Å².